The van der Waals surface area contributed by atoms with Gasteiger partial charge < -0.3 is 4.90 Å². The van der Waals surface area contributed by atoms with Crippen molar-refractivity contribution in [1.29, 1.82) is 0 Å². The molecule has 1 saturated heterocycles. The average Bonchev–Trinajstić information content (AvgIpc) is 3.09. The van der Waals surface area contributed by atoms with Crippen LogP contribution in [0.25, 0.3) is 0 Å². The second-order valence-corrected chi connectivity index (χ2v) is 4.28. The van der Waals surface area contributed by atoms with Crippen molar-refractivity contribution >= 4 is 5.91 Å². The molecule has 2 aromatic heterocycles. The standard InChI is InChI=1S/C12H13N5O/c18-12(10-1-4-13-5-2-10)16-8-3-11(9-16)17-14-6-7-15-17/h1-2,4-7,11H,3,8-9H2. The Bertz CT molecular complexity index is 525. The number of aromatic nitrogens is 4. The van der Waals surface area contributed by atoms with E-state index in [1.165, 1.54) is 0 Å². The van der Waals surface area contributed by atoms with Gasteiger partial charge in [-0.3, -0.25) is 9.78 Å². The predicted octanol–water partition coefficient (Wildman–Crippen LogP) is 0.760. The van der Waals surface area contributed by atoms with Crippen LogP contribution >= 0.6 is 0 Å². The SMILES string of the molecule is O=C(c1ccncc1)N1CCC(n2nccn2)C1. The first-order chi connectivity index (χ1) is 8.84. The van der Waals surface area contributed by atoms with E-state index >= 15 is 0 Å². The van der Waals surface area contributed by atoms with E-state index in [1.54, 1.807) is 41.7 Å². The third-order valence-electron chi connectivity index (χ3n) is 3.14. The van der Waals surface area contributed by atoms with Gasteiger partial charge in [-0.15, -0.1) is 0 Å². The Hall–Kier alpha value is -2.24. The van der Waals surface area contributed by atoms with E-state index in [9.17, 15) is 4.79 Å². The molecule has 0 radical (unpaired) electrons. The van der Waals surface area contributed by atoms with Crippen LogP contribution in [0, 0.1) is 0 Å². The maximum atomic E-state index is 12.2. The minimum absolute atomic E-state index is 0.0482. The predicted molar refractivity (Wildman–Crippen MR) is 63.8 cm³/mol. The first-order valence-electron chi connectivity index (χ1n) is 5.90. The first kappa shape index (κ1) is 10.9. The van der Waals surface area contributed by atoms with E-state index in [2.05, 4.69) is 15.2 Å². The van der Waals surface area contributed by atoms with Crippen molar-refractivity contribution in [2.45, 2.75) is 12.5 Å². The van der Waals surface area contributed by atoms with Crippen LogP contribution in [0.5, 0.6) is 0 Å². The minimum Gasteiger partial charge on any atom is -0.336 e. The minimum atomic E-state index is 0.0482. The van der Waals surface area contributed by atoms with Gasteiger partial charge in [0.2, 0.25) is 0 Å². The maximum Gasteiger partial charge on any atom is 0.254 e. The Morgan fingerprint density at radius 2 is 1.89 bits per heavy atom. The molecule has 0 N–H and O–H groups in total. The fourth-order valence-electron chi connectivity index (χ4n) is 2.21. The molecule has 2 aromatic rings. The number of likely N-dealkylation sites (tertiary alicyclic amines) is 1. The third-order valence-corrected chi connectivity index (χ3v) is 3.14. The van der Waals surface area contributed by atoms with Crippen molar-refractivity contribution in [3.63, 3.8) is 0 Å². The molecule has 1 aliphatic heterocycles. The van der Waals surface area contributed by atoms with Crippen LogP contribution in [-0.4, -0.2) is 43.9 Å². The van der Waals surface area contributed by atoms with Crippen LogP contribution in [0.2, 0.25) is 0 Å². The molecule has 1 fully saturated rings. The molecule has 1 atom stereocenters. The monoisotopic (exact) mass is 243 g/mol. The van der Waals surface area contributed by atoms with E-state index in [0.717, 1.165) is 13.0 Å². The Kier molecular flexibility index (Phi) is 2.76. The van der Waals surface area contributed by atoms with Crippen LogP contribution in [-0.2, 0) is 0 Å². The highest BCUT2D eigenvalue weighted by Crippen LogP contribution is 2.21. The molecule has 0 spiro atoms. The fourth-order valence-corrected chi connectivity index (χ4v) is 2.21. The lowest BCUT2D eigenvalue weighted by Crippen LogP contribution is -2.29. The molecule has 1 aliphatic rings. The van der Waals surface area contributed by atoms with Crippen LogP contribution in [0.4, 0.5) is 0 Å². The molecular weight excluding hydrogens is 230 g/mol. The summed E-state index contributed by atoms with van der Waals surface area (Å²) >= 11 is 0. The summed E-state index contributed by atoms with van der Waals surface area (Å²) in [6.45, 7) is 1.41. The van der Waals surface area contributed by atoms with E-state index in [-0.39, 0.29) is 11.9 Å². The van der Waals surface area contributed by atoms with Crippen LogP contribution in [0.1, 0.15) is 22.8 Å². The summed E-state index contributed by atoms with van der Waals surface area (Å²) in [6.07, 6.45) is 7.48. The fraction of sp³-hybridized carbons (Fsp3) is 0.333. The quantitative estimate of drug-likeness (QED) is 0.781. The van der Waals surface area contributed by atoms with Gasteiger partial charge >= 0.3 is 0 Å². The van der Waals surface area contributed by atoms with Crippen LogP contribution in [0.3, 0.4) is 0 Å². The average molecular weight is 243 g/mol. The van der Waals surface area contributed by atoms with Crippen molar-refractivity contribution < 1.29 is 4.79 Å². The summed E-state index contributed by atoms with van der Waals surface area (Å²) in [5, 5.41) is 8.24. The van der Waals surface area contributed by atoms with E-state index in [0.29, 0.717) is 12.1 Å². The van der Waals surface area contributed by atoms with E-state index in [4.69, 9.17) is 0 Å². The molecule has 1 unspecified atom stereocenters. The Morgan fingerprint density at radius 3 is 2.61 bits per heavy atom. The van der Waals surface area contributed by atoms with Gasteiger partial charge in [-0.1, -0.05) is 0 Å². The summed E-state index contributed by atoms with van der Waals surface area (Å²) in [7, 11) is 0. The molecule has 18 heavy (non-hydrogen) atoms. The zero-order chi connectivity index (χ0) is 12.4. The number of nitrogens with zero attached hydrogens (tertiary/aromatic N) is 5. The second-order valence-electron chi connectivity index (χ2n) is 4.28. The molecule has 0 aliphatic carbocycles. The van der Waals surface area contributed by atoms with Crippen molar-refractivity contribution in [1.82, 2.24) is 24.9 Å². The topological polar surface area (TPSA) is 63.9 Å². The van der Waals surface area contributed by atoms with Crippen molar-refractivity contribution in [2.75, 3.05) is 13.1 Å². The van der Waals surface area contributed by atoms with Gasteiger partial charge in [-0.25, -0.2) is 0 Å². The van der Waals surface area contributed by atoms with Gasteiger partial charge in [0.15, 0.2) is 0 Å². The zero-order valence-corrected chi connectivity index (χ0v) is 9.81. The van der Waals surface area contributed by atoms with Crippen LogP contribution < -0.4 is 0 Å². The normalized spacial score (nSPS) is 19.1. The third kappa shape index (κ3) is 1.97. The number of carbonyl (C=O) groups excluding carboxylic acids is 1. The highest BCUT2D eigenvalue weighted by atomic mass is 16.2. The number of hydrogen-bond donors (Lipinski definition) is 0. The summed E-state index contributed by atoms with van der Waals surface area (Å²) in [6, 6.07) is 3.66. The molecule has 0 saturated carbocycles. The lowest BCUT2D eigenvalue weighted by molar-refractivity contribution is 0.0786. The second kappa shape index (κ2) is 4.56. The van der Waals surface area contributed by atoms with Crippen molar-refractivity contribution in [2.24, 2.45) is 0 Å². The summed E-state index contributed by atoms with van der Waals surface area (Å²) in [5.74, 6) is 0.0482. The van der Waals surface area contributed by atoms with E-state index < -0.39 is 0 Å². The molecule has 0 aromatic carbocycles. The molecule has 6 nitrogen and oxygen atoms in total. The summed E-state index contributed by atoms with van der Waals surface area (Å²) < 4.78 is 0. The molecule has 3 heterocycles. The Morgan fingerprint density at radius 1 is 1.17 bits per heavy atom. The van der Waals surface area contributed by atoms with E-state index in [1.807, 2.05) is 4.90 Å². The Labute approximate surface area is 104 Å². The van der Waals surface area contributed by atoms with Gasteiger partial charge in [0, 0.05) is 31.0 Å². The summed E-state index contributed by atoms with van der Waals surface area (Å²) in [5.41, 5.74) is 0.680. The number of pyridine rings is 1. The highest BCUT2D eigenvalue weighted by molar-refractivity contribution is 5.94. The van der Waals surface area contributed by atoms with Gasteiger partial charge in [0.1, 0.15) is 0 Å². The lowest BCUT2D eigenvalue weighted by atomic mass is 10.2. The summed E-state index contributed by atoms with van der Waals surface area (Å²) in [4.78, 5) is 19.6. The van der Waals surface area contributed by atoms with Gasteiger partial charge in [-0.05, 0) is 18.6 Å². The molecular formula is C12H13N5O. The molecule has 6 heteroatoms. The van der Waals surface area contributed by atoms with Gasteiger partial charge in [0.05, 0.1) is 18.4 Å². The zero-order valence-electron chi connectivity index (χ0n) is 9.81. The number of hydrogen-bond acceptors (Lipinski definition) is 4. The largest absolute Gasteiger partial charge is 0.336 e. The Balaban J connectivity index is 1.71. The van der Waals surface area contributed by atoms with Crippen molar-refractivity contribution in [3.05, 3.63) is 42.5 Å². The molecule has 3 rings (SSSR count). The number of amides is 1. The van der Waals surface area contributed by atoms with Crippen molar-refractivity contribution in [3.8, 4) is 0 Å². The lowest BCUT2D eigenvalue weighted by Gasteiger charge is -2.16. The number of rotatable bonds is 2. The maximum absolute atomic E-state index is 12.2. The highest BCUT2D eigenvalue weighted by Gasteiger charge is 2.28. The first-order valence-corrected chi connectivity index (χ1v) is 5.90. The molecule has 0 bridgehead atoms. The smallest absolute Gasteiger partial charge is 0.254 e. The van der Waals surface area contributed by atoms with Crippen LogP contribution in [0.15, 0.2) is 36.9 Å². The number of carbonyl (C=O) groups is 1. The molecule has 92 valence electrons. The van der Waals surface area contributed by atoms with Gasteiger partial charge in [-0.2, -0.15) is 15.0 Å². The van der Waals surface area contributed by atoms with Gasteiger partial charge in [0.25, 0.3) is 5.91 Å². The molecule has 1 amide bonds.